The number of Topliss-reactive ketones (excluding diaryl/α,β-unsaturated/α-hetero) is 1. The summed E-state index contributed by atoms with van der Waals surface area (Å²) in [6.45, 7) is 2.59. The Labute approximate surface area is 140 Å². The van der Waals surface area contributed by atoms with Gasteiger partial charge < -0.3 is 0 Å². The second-order valence-electron chi connectivity index (χ2n) is 5.11. The minimum absolute atomic E-state index is 0.0781. The number of carbonyl (C=O) groups excluding carboxylic acids is 1. The van der Waals surface area contributed by atoms with Gasteiger partial charge in [0.05, 0.1) is 5.69 Å². The molecule has 130 valence electrons. The molecule has 0 aliphatic heterocycles. The van der Waals surface area contributed by atoms with Gasteiger partial charge in [0.15, 0.2) is 11.4 Å². The number of hydrogen-bond donors (Lipinski definition) is 1. The summed E-state index contributed by atoms with van der Waals surface area (Å²) in [6.07, 6.45) is 0. The number of rotatable bonds is 4. The molecule has 0 amide bonds. The lowest BCUT2D eigenvalue weighted by Gasteiger charge is -2.09. The monoisotopic (exact) mass is 367 g/mol. The quantitative estimate of drug-likeness (QED) is 0.556. The molecule has 3 rings (SSSR count). The van der Waals surface area contributed by atoms with E-state index >= 15 is 0 Å². The van der Waals surface area contributed by atoms with Crippen molar-refractivity contribution in [3.8, 4) is 0 Å². The first-order valence-electron chi connectivity index (χ1n) is 6.91. The molecule has 0 atom stereocenters. The van der Waals surface area contributed by atoms with Gasteiger partial charge in [-0.25, -0.2) is 9.37 Å². The van der Waals surface area contributed by atoms with Crippen molar-refractivity contribution in [1.29, 1.82) is 0 Å². The number of aromatic nitrogens is 4. The van der Waals surface area contributed by atoms with E-state index in [0.717, 1.165) is 16.6 Å². The van der Waals surface area contributed by atoms with Crippen LogP contribution in [0, 0.1) is 18.7 Å². The topological polar surface area (TPSA) is 106 Å². The molecule has 0 bridgehead atoms. The Morgan fingerprint density at radius 1 is 1.24 bits per heavy atom. The van der Waals surface area contributed by atoms with Crippen molar-refractivity contribution < 1.29 is 22.0 Å². The predicted octanol–water partition coefficient (Wildman–Crippen LogP) is 1.71. The molecule has 0 radical (unpaired) electrons. The van der Waals surface area contributed by atoms with Gasteiger partial charge in [-0.2, -0.15) is 22.3 Å². The smallest absolute Gasteiger partial charge is 0.294 e. The third-order valence-corrected chi connectivity index (χ3v) is 4.43. The number of carbonyl (C=O) groups is 1. The highest BCUT2D eigenvalue weighted by molar-refractivity contribution is 7.92. The van der Waals surface area contributed by atoms with E-state index in [1.165, 1.54) is 26.0 Å². The Morgan fingerprint density at radius 2 is 1.96 bits per heavy atom. The van der Waals surface area contributed by atoms with Crippen molar-refractivity contribution in [2.24, 2.45) is 0 Å². The van der Waals surface area contributed by atoms with E-state index in [1.807, 2.05) is 4.72 Å². The second-order valence-corrected chi connectivity index (χ2v) is 6.69. The molecule has 0 aliphatic rings. The number of hydrogen-bond acceptors (Lipinski definition) is 6. The number of para-hydroxylation sites is 1. The fraction of sp³-hybridized carbons (Fsp3) is 0.143. The van der Waals surface area contributed by atoms with Gasteiger partial charge in [0, 0.05) is 11.6 Å². The first-order valence-corrected chi connectivity index (χ1v) is 8.39. The SMILES string of the molecule is CC(=O)c1cccc(F)c1NS(=O)(=O)c1nc2cc(F)nc(C)n2n1. The highest BCUT2D eigenvalue weighted by atomic mass is 32.2. The predicted molar refractivity (Wildman–Crippen MR) is 82.7 cm³/mol. The molecule has 3 aromatic rings. The summed E-state index contributed by atoms with van der Waals surface area (Å²) in [6, 6.07) is 4.47. The van der Waals surface area contributed by atoms with E-state index in [0.29, 0.717) is 0 Å². The van der Waals surface area contributed by atoms with E-state index in [2.05, 4.69) is 15.1 Å². The molecule has 0 aliphatic carbocycles. The molecule has 0 fully saturated rings. The van der Waals surface area contributed by atoms with Crippen molar-refractivity contribution in [1.82, 2.24) is 19.6 Å². The summed E-state index contributed by atoms with van der Waals surface area (Å²) < 4.78 is 55.2. The van der Waals surface area contributed by atoms with Crippen LogP contribution in [-0.4, -0.2) is 33.8 Å². The van der Waals surface area contributed by atoms with E-state index < -0.39 is 38.4 Å². The first-order chi connectivity index (χ1) is 11.7. The van der Waals surface area contributed by atoms with Crippen LogP contribution < -0.4 is 4.72 Å². The van der Waals surface area contributed by atoms with E-state index in [4.69, 9.17) is 0 Å². The number of nitrogens with one attached hydrogen (secondary N) is 1. The average Bonchev–Trinajstić information content (AvgIpc) is 2.94. The molecule has 1 aromatic carbocycles. The van der Waals surface area contributed by atoms with Gasteiger partial charge in [0.2, 0.25) is 5.95 Å². The van der Waals surface area contributed by atoms with Crippen LogP contribution in [-0.2, 0) is 10.0 Å². The fourth-order valence-corrected chi connectivity index (χ4v) is 3.16. The van der Waals surface area contributed by atoms with Gasteiger partial charge in [0.25, 0.3) is 15.2 Å². The normalized spacial score (nSPS) is 11.7. The van der Waals surface area contributed by atoms with Crippen LogP contribution in [0.5, 0.6) is 0 Å². The zero-order valence-corrected chi connectivity index (χ0v) is 13.8. The maximum Gasteiger partial charge on any atom is 0.299 e. The maximum atomic E-state index is 14.0. The molecular formula is C14H11F2N5O3S. The van der Waals surface area contributed by atoms with Crippen LogP contribution in [0.3, 0.4) is 0 Å². The minimum Gasteiger partial charge on any atom is -0.294 e. The average molecular weight is 367 g/mol. The maximum absolute atomic E-state index is 14.0. The molecule has 25 heavy (non-hydrogen) atoms. The van der Waals surface area contributed by atoms with Gasteiger partial charge in [-0.3, -0.25) is 9.52 Å². The Kier molecular flexibility index (Phi) is 3.95. The standard InChI is InChI=1S/C14H11F2N5O3S/c1-7(22)9-4-3-5-10(15)13(9)20-25(23,24)14-18-12-6-11(16)17-8(2)21(12)19-14/h3-6,20H,1-2H3. The highest BCUT2D eigenvalue weighted by Crippen LogP contribution is 2.23. The molecule has 1 N–H and O–H groups in total. The summed E-state index contributed by atoms with van der Waals surface area (Å²) in [5, 5.41) is 3.04. The molecular weight excluding hydrogens is 356 g/mol. The second kappa shape index (κ2) is 5.84. The van der Waals surface area contributed by atoms with Gasteiger partial charge in [-0.1, -0.05) is 6.07 Å². The summed E-state index contributed by atoms with van der Waals surface area (Å²) >= 11 is 0. The van der Waals surface area contributed by atoms with Crippen molar-refractivity contribution in [3.63, 3.8) is 0 Å². The Balaban J connectivity index is 2.10. The third-order valence-electron chi connectivity index (χ3n) is 3.31. The van der Waals surface area contributed by atoms with Crippen molar-refractivity contribution >= 4 is 27.1 Å². The summed E-state index contributed by atoms with van der Waals surface area (Å²) in [5.41, 5.74) is -0.725. The minimum atomic E-state index is -4.42. The molecule has 2 heterocycles. The molecule has 2 aromatic heterocycles. The lowest BCUT2D eigenvalue weighted by molar-refractivity contribution is 0.101. The number of fused-ring (bicyclic) bond motifs is 1. The lowest BCUT2D eigenvalue weighted by Crippen LogP contribution is -2.18. The summed E-state index contributed by atoms with van der Waals surface area (Å²) in [4.78, 5) is 18.8. The molecule has 8 nitrogen and oxygen atoms in total. The summed E-state index contributed by atoms with van der Waals surface area (Å²) in [7, 11) is -4.42. The first kappa shape index (κ1) is 16.9. The summed E-state index contributed by atoms with van der Waals surface area (Å²) in [5.74, 6) is -2.22. The zero-order chi connectivity index (χ0) is 18.4. The number of benzene rings is 1. The van der Waals surface area contributed by atoms with Crippen LogP contribution >= 0.6 is 0 Å². The molecule has 0 saturated heterocycles. The number of halogens is 2. The zero-order valence-electron chi connectivity index (χ0n) is 13.0. The Morgan fingerprint density at radius 3 is 2.64 bits per heavy atom. The van der Waals surface area contributed by atoms with Crippen LogP contribution in [0.25, 0.3) is 5.65 Å². The van der Waals surface area contributed by atoms with E-state index in [1.54, 1.807) is 0 Å². The third kappa shape index (κ3) is 3.05. The van der Waals surface area contributed by atoms with Crippen LogP contribution in [0.1, 0.15) is 23.1 Å². The van der Waals surface area contributed by atoms with Crippen LogP contribution in [0.2, 0.25) is 0 Å². The van der Waals surface area contributed by atoms with Crippen molar-refractivity contribution in [3.05, 3.63) is 47.4 Å². The lowest BCUT2D eigenvalue weighted by atomic mass is 10.1. The van der Waals surface area contributed by atoms with Gasteiger partial charge in [-0.15, -0.1) is 5.10 Å². The number of ketones is 1. The van der Waals surface area contributed by atoms with Gasteiger partial charge in [-0.05, 0) is 26.0 Å². The molecule has 0 saturated carbocycles. The Hall–Kier alpha value is -2.95. The van der Waals surface area contributed by atoms with Crippen molar-refractivity contribution in [2.45, 2.75) is 19.0 Å². The van der Waals surface area contributed by atoms with Crippen LogP contribution in [0.4, 0.5) is 14.5 Å². The largest absolute Gasteiger partial charge is 0.299 e. The molecule has 11 heteroatoms. The van der Waals surface area contributed by atoms with Gasteiger partial charge >= 0.3 is 0 Å². The van der Waals surface area contributed by atoms with E-state index in [9.17, 15) is 22.0 Å². The number of nitrogens with zero attached hydrogens (tertiary/aromatic N) is 4. The van der Waals surface area contributed by atoms with Crippen LogP contribution in [0.15, 0.2) is 29.4 Å². The molecule has 0 spiro atoms. The number of anilines is 1. The Bertz CT molecular complexity index is 1110. The van der Waals surface area contributed by atoms with Gasteiger partial charge in [0.1, 0.15) is 11.6 Å². The number of sulfonamides is 1. The molecule has 0 unspecified atom stereocenters. The van der Waals surface area contributed by atoms with Crippen molar-refractivity contribution in [2.75, 3.05) is 4.72 Å². The fourth-order valence-electron chi connectivity index (χ4n) is 2.19. The number of aryl methyl sites for hydroxylation is 1. The highest BCUT2D eigenvalue weighted by Gasteiger charge is 2.25. The van der Waals surface area contributed by atoms with E-state index in [-0.39, 0.29) is 17.0 Å².